The number of hydrogen-bond donors (Lipinski definition) is 4. The summed E-state index contributed by atoms with van der Waals surface area (Å²) in [5.74, 6) is -1.24. The predicted octanol–water partition coefficient (Wildman–Crippen LogP) is 5.55. The third kappa shape index (κ3) is 8.89. The minimum absolute atomic E-state index is 0.0468. The molecular formula is C34H31N3O8S. The van der Waals surface area contributed by atoms with E-state index in [2.05, 4.69) is 16.0 Å². The van der Waals surface area contributed by atoms with Gasteiger partial charge in [-0.1, -0.05) is 24.3 Å². The molecule has 46 heavy (non-hydrogen) atoms. The van der Waals surface area contributed by atoms with Crippen LogP contribution in [0.4, 0.5) is 11.4 Å². The number of hydrogen-bond acceptors (Lipinski definition) is 8. The van der Waals surface area contributed by atoms with Crippen molar-refractivity contribution >= 4 is 52.9 Å². The maximum Gasteiger partial charge on any atom is 0.335 e. The van der Waals surface area contributed by atoms with E-state index in [1.165, 1.54) is 63.4 Å². The van der Waals surface area contributed by atoms with Crippen LogP contribution in [0.5, 0.6) is 17.2 Å². The summed E-state index contributed by atoms with van der Waals surface area (Å²) in [6, 6.07) is 24.5. The molecule has 0 fully saturated rings. The van der Waals surface area contributed by atoms with Gasteiger partial charge in [0.05, 0.1) is 32.6 Å². The molecule has 0 aliphatic rings. The number of nitrogens with one attached hydrogen (secondary N) is 3. The van der Waals surface area contributed by atoms with Crippen LogP contribution in [0.1, 0.15) is 26.3 Å². The molecule has 0 unspecified atom stereocenters. The molecular weight excluding hydrogens is 610 g/mol. The van der Waals surface area contributed by atoms with E-state index in [0.29, 0.717) is 44.6 Å². The van der Waals surface area contributed by atoms with Crippen molar-refractivity contribution in [3.8, 4) is 17.2 Å². The molecule has 0 saturated heterocycles. The summed E-state index contributed by atoms with van der Waals surface area (Å²) in [4.78, 5) is 50.9. The summed E-state index contributed by atoms with van der Waals surface area (Å²) in [5.41, 5.74) is 1.84. The number of carboxylic acids is 1. The molecule has 4 aromatic rings. The van der Waals surface area contributed by atoms with E-state index in [4.69, 9.17) is 19.3 Å². The van der Waals surface area contributed by atoms with Crippen molar-refractivity contribution in [2.45, 2.75) is 4.90 Å². The molecule has 12 heteroatoms. The van der Waals surface area contributed by atoms with Gasteiger partial charge in [0, 0.05) is 21.8 Å². The lowest BCUT2D eigenvalue weighted by Gasteiger charge is -2.15. The van der Waals surface area contributed by atoms with Gasteiger partial charge in [0.25, 0.3) is 11.8 Å². The average molecular weight is 642 g/mol. The van der Waals surface area contributed by atoms with Crippen molar-refractivity contribution in [3.63, 3.8) is 0 Å². The summed E-state index contributed by atoms with van der Waals surface area (Å²) < 4.78 is 16.3. The number of amides is 3. The maximum atomic E-state index is 13.6. The van der Waals surface area contributed by atoms with E-state index in [0.717, 1.165) is 0 Å². The van der Waals surface area contributed by atoms with E-state index < -0.39 is 17.8 Å². The van der Waals surface area contributed by atoms with Crippen LogP contribution in [-0.2, 0) is 9.59 Å². The first-order valence-corrected chi connectivity index (χ1v) is 14.7. The Morgan fingerprint density at radius 3 is 2.02 bits per heavy atom. The number of carbonyl (C=O) groups is 4. The predicted molar refractivity (Wildman–Crippen MR) is 176 cm³/mol. The van der Waals surface area contributed by atoms with Gasteiger partial charge in [-0.25, -0.2) is 4.79 Å². The van der Waals surface area contributed by atoms with Crippen LogP contribution >= 0.6 is 11.8 Å². The fourth-order valence-electron chi connectivity index (χ4n) is 4.20. The number of anilines is 2. The first kappa shape index (κ1) is 33.1. The Morgan fingerprint density at radius 2 is 1.41 bits per heavy atom. The largest absolute Gasteiger partial charge is 0.493 e. The summed E-state index contributed by atoms with van der Waals surface area (Å²) >= 11 is 1.25. The van der Waals surface area contributed by atoms with Gasteiger partial charge in [0.15, 0.2) is 11.5 Å². The third-order valence-electron chi connectivity index (χ3n) is 6.40. The molecule has 236 valence electrons. The summed E-state index contributed by atoms with van der Waals surface area (Å²) in [5, 5.41) is 17.3. The number of ether oxygens (including phenoxy) is 3. The van der Waals surface area contributed by atoms with Gasteiger partial charge in [-0.3, -0.25) is 14.4 Å². The normalized spacial score (nSPS) is 10.8. The van der Waals surface area contributed by atoms with Crippen molar-refractivity contribution in [1.29, 1.82) is 0 Å². The summed E-state index contributed by atoms with van der Waals surface area (Å²) in [6.07, 6.45) is 1.49. The molecule has 3 amide bonds. The Morgan fingerprint density at radius 1 is 0.739 bits per heavy atom. The molecule has 0 bridgehead atoms. The summed E-state index contributed by atoms with van der Waals surface area (Å²) in [6.45, 7) is 0. The van der Waals surface area contributed by atoms with Crippen LogP contribution in [0.3, 0.4) is 0 Å². The van der Waals surface area contributed by atoms with Crippen LogP contribution in [0.2, 0.25) is 0 Å². The second-order valence-electron chi connectivity index (χ2n) is 9.54. The summed E-state index contributed by atoms with van der Waals surface area (Å²) in [7, 11) is 4.43. The van der Waals surface area contributed by atoms with Gasteiger partial charge in [-0.05, 0) is 78.4 Å². The van der Waals surface area contributed by atoms with E-state index >= 15 is 0 Å². The molecule has 0 radical (unpaired) electrons. The van der Waals surface area contributed by atoms with Crippen LogP contribution in [-0.4, -0.2) is 55.9 Å². The maximum absolute atomic E-state index is 13.6. The fraction of sp³-hybridized carbons (Fsp3) is 0.118. The Labute approximate surface area is 269 Å². The van der Waals surface area contributed by atoms with E-state index in [1.807, 2.05) is 0 Å². The number of thioether (sulfide) groups is 1. The van der Waals surface area contributed by atoms with Crippen LogP contribution in [0.15, 0.2) is 102 Å². The first-order chi connectivity index (χ1) is 22.2. The van der Waals surface area contributed by atoms with E-state index in [1.54, 1.807) is 66.7 Å². The second kappa shape index (κ2) is 15.8. The molecule has 4 aromatic carbocycles. The van der Waals surface area contributed by atoms with Gasteiger partial charge < -0.3 is 35.3 Å². The lowest BCUT2D eigenvalue weighted by Crippen LogP contribution is -2.30. The number of methoxy groups -OCH3 is 3. The molecule has 4 rings (SSSR count). The van der Waals surface area contributed by atoms with Gasteiger partial charge in [0.1, 0.15) is 5.70 Å². The Bertz CT molecular complexity index is 1730. The minimum Gasteiger partial charge on any atom is -0.493 e. The highest BCUT2D eigenvalue weighted by Gasteiger charge is 2.18. The molecule has 0 aromatic heterocycles. The standard InChI is InChI=1S/C34H31N3O8S/c1-43-28-17-21(18-29(44-2)31(28)45-3)16-27(37-32(39)22-8-5-4-6-9-22)33(40)36-25-10-7-11-26(19-25)46-20-30(38)35-24-14-12-23(13-15-24)34(41)42/h4-19H,20H2,1-3H3,(H,35,38)(H,36,40)(H,37,39)(H,41,42)/b27-16+. The van der Waals surface area contributed by atoms with Crippen LogP contribution < -0.4 is 30.2 Å². The SMILES string of the molecule is COc1cc(/C=C(/NC(=O)c2ccccc2)C(=O)Nc2cccc(SCC(=O)Nc3ccc(C(=O)O)cc3)c2)cc(OC)c1OC. The van der Waals surface area contributed by atoms with Gasteiger partial charge >= 0.3 is 5.97 Å². The molecule has 11 nitrogen and oxygen atoms in total. The molecule has 0 saturated carbocycles. The number of benzene rings is 4. The molecule has 4 N–H and O–H groups in total. The minimum atomic E-state index is -1.05. The lowest BCUT2D eigenvalue weighted by molar-refractivity contribution is -0.114. The van der Waals surface area contributed by atoms with E-state index in [9.17, 15) is 19.2 Å². The van der Waals surface area contributed by atoms with Gasteiger partial charge in [-0.2, -0.15) is 0 Å². The van der Waals surface area contributed by atoms with Crippen molar-refractivity contribution in [1.82, 2.24) is 5.32 Å². The van der Waals surface area contributed by atoms with E-state index in [-0.39, 0.29) is 22.9 Å². The zero-order valence-corrected chi connectivity index (χ0v) is 26.0. The number of aromatic carboxylic acids is 1. The second-order valence-corrected chi connectivity index (χ2v) is 10.6. The smallest absolute Gasteiger partial charge is 0.335 e. The van der Waals surface area contributed by atoms with Crippen molar-refractivity contribution in [2.75, 3.05) is 37.7 Å². The zero-order valence-electron chi connectivity index (χ0n) is 25.2. The zero-order chi connectivity index (χ0) is 33.1. The van der Waals surface area contributed by atoms with Crippen molar-refractivity contribution in [3.05, 3.63) is 113 Å². The van der Waals surface area contributed by atoms with Crippen molar-refractivity contribution < 1.29 is 38.5 Å². The quantitative estimate of drug-likeness (QED) is 0.109. The molecule has 0 aliphatic heterocycles. The molecule has 0 atom stereocenters. The van der Waals surface area contributed by atoms with Gasteiger partial charge in [0.2, 0.25) is 11.7 Å². The molecule has 0 aliphatic carbocycles. The Hall–Kier alpha value is -5.75. The number of rotatable bonds is 13. The highest BCUT2D eigenvalue weighted by Crippen LogP contribution is 2.38. The van der Waals surface area contributed by atoms with Gasteiger partial charge in [-0.15, -0.1) is 11.8 Å². The first-order valence-electron chi connectivity index (χ1n) is 13.8. The number of carboxylic acid groups (broad SMARTS) is 1. The Balaban J connectivity index is 1.51. The highest BCUT2D eigenvalue weighted by molar-refractivity contribution is 8.00. The monoisotopic (exact) mass is 641 g/mol. The molecule has 0 heterocycles. The number of carbonyl (C=O) groups excluding carboxylic acids is 3. The Kier molecular flexibility index (Phi) is 11.4. The molecule has 0 spiro atoms. The lowest BCUT2D eigenvalue weighted by atomic mass is 10.1. The fourth-order valence-corrected chi connectivity index (χ4v) is 4.95. The van der Waals surface area contributed by atoms with Crippen LogP contribution in [0.25, 0.3) is 6.08 Å². The third-order valence-corrected chi connectivity index (χ3v) is 7.40. The average Bonchev–Trinajstić information content (AvgIpc) is 3.07. The highest BCUT2D eigenvalue weighted by atomic mass is 32.2. The van der Waals surface area contributed by atoms with Crippen molar-refractivity contribution in [2.24, 2.45) is 0 Å². The van der Waals surface area contributed by atoms with Crippen LogP contribution in [0, 0.1) is 0 Å². The topological polar surface area (TPSA) is 152 Å².